The van der Waals surface area contributed by atoms with Gasteiger partial charge in [-0.05, 0) is 71.3 Å². The number of H-pyrrole nitrogens is 1. The fourth-order valence-electron chi connectivity index (χ4n) is 4.27. The number of unbranched alkanes of at least 4 members (excludes halogenated alkanes) is 1. The topological polar surface area (TPSA) is 99.2 Å². The molecule has 0 aliphatic heterocycles. The number of nitrogens with one attached hydrogen (secondary N) is 2. The van der Waals surface area contributed by atoms with Gasteiger partial charge in [0.1, 0.15) is 11.6 Å². The molecule has 2 amide bonds. The molecule has 0 fully saturated rings. The molecule has 9 heteroatoms. The van der Waals surface area contributed by atoms with E-state index in [1.165, 1.54) is 0 Å². The van der Waals surface area contributed by atoms with Crippen LogP contribution in [0.25, 0.3) is 0 Å². The van der Waals surface area contributed by atoms with Crippen molar-refractivity contribution in [1.29, 1.82) is 0 Å². The maximum absolute atomic E-state index is 13.3. The van der Waals surface area contributed by atoms with E-state index in [0.717, 1.165) is 25.2 Å². The third-order valence-electron chi connectivity index (χ3n) is 6.29. The number of amides is 2. The van der Waals surface area contributed by atoms with Crippen LogP contribution in [0.2, 0.25) is 0 Å². The van der Waals surface area contributed by atoms with Gasteiger partial charge in [-0.3, -0.25) is 14.5 Å². The molecule has 36 heavy (non-hydrogen) atoms. The Hall–Kier alpha value is -3.46. The number of aryl methyl sites for hydroxylation is 1. The minimum Gasteiger partial charge on any atom is -0.352 e. The van der Waals surface area contributed by atoms with Crippen LogP contribution in [0.3, 0.4) is 0 Å². The van der Waals surface area contributed by atoms with Gasteiger partial charge in [0.2, 0.25) is 0 Å². The summed E-state index contributed by atoms with van der Waals surface area (Å²) in [5, 5.41) is 2.99. The van der Waals surface area contributed by atoms with E-state index < -0.39 is 0 Å². The molecule has 1 aromatic carbocycles. The zero-order chi connectivity index (χ0) is 26.1. The summed E-state index contributed by atoms with van der Waals surface area (Å²) in [5.74, 6) is 1.19. The first-order valence-corrected chi connectivity index (χ1v) is 12.6. The second kappa shape index (κ2) is 13.0. The molecule has 0 spiro atoms. The van der Waals surface area contributed by atoms with Crippen LogP contribution >= 0.6 is 0 Å². The number of hydrogen-bond donors (Lipinski definition) is 2. The van der Waals surface area contributed by atoms with E-state index in [4.69, 9.17) is 0 Å². The zero-order valence-corrected chi connectivity index (χ0v) is 22.1. The van der Waals surface area contributed by atoms with E-state index in [0.29, 0.717) is 48.7 Å². The second-order valence-electron chi connectivity index (χ2n) is 9.62. The van der Waals surface area contributed by atoms with Crippen molar-refractivity contribution in [3.05, 3.63) is 71.8 Å². The molecule has 0 unspecified atom stereocenters. The van der Waals surface area contributed by atoms with Crippen molar-refractivity contribution < 1.29 is 9.59 Å². The van der Waals surface area contributed by atoms with Crippen LogP contribution in [0.15, 0.2) is 49.1 Å². The molecule has 0 bridgehead atoms. The van der Waals surface area contributed by atoms with Crippen LogP contribution in [-0.2, 0) is 20.1 Å². The molecule has 0 saturated carbocycles. The van der Waals surface area contributed by atoms with Crippen LogP contribution in [-0.4, -0.2) is 66.3 Å². The lowest BCUT2D eigenvalue weighted by molar-refractivity contribution is 0.0719. The van der Waals surface area contributed by atoms with Crippen molar-refractivity contribution in [2.75, 3.05) is 13.1 Å². The van der Waals surface area contributed by atoms with Gasteiger partial charge in [-0.25, -0.2) is 9.97 Å². The van der Waals surface area contributed by atoms with E-state index in [1.807, 2.05) is 17.8 Å². The van der Waals surface area contributed by atoms with Crippen LogP contribution in [0.5, 0.6) is 0 Å². The van der Waals surface area contributed by atoms with Gasteiger partial charge >= 0.3 is 0 Å². The molecule has 0 saturated heterocycles. The summed E-state index contributed by atoms with van der Waals surface area (Å²) in [6, 6.07) is 7.84. The van der Waals surface area contributed by atoms with Gasteiger partial charge in [0, 0.05) is 61.6 Å². The van der Waals surface area contributed by atoms with E-state index in [1.54, 1.807) is 47.8 Å². The third-order valence-corrected chi connectivity index (χ3v) is 6.29. The number of benzene rings is 1. The highest BCUT2D eigenvalue weighted by molar-refractivity contribution is 5.97. The predicted molar refractivity (Wildman–Crippen MR) is 140 cm³/mol. The highest BCUT2D eigenvalue weighted by atomic mass is 16.2. The zero-order valence-electron chi connectivity index (χ0n) is 22.1. The summed E-state index contributed by atoms with van der Waals surface area (Å²) in [4.78, 5) is 41.7. The Labute approximate surface area is 213 Å². The number of imidazole rings is 2. The first-order chi connectivity index (χ1) is 17.3. The molecule has 2 heterocycles. The number of carbonyl (C=O) groups is 2. The largest absolute Gasteiger partial charge is 0.352 e. The molecule has 0 radical (unpaired) electrons. The van der Waals surface area contributed by atoms with Gasteiger partial charge in [0.25, 0.3) is 11.8 Å². The SMILES string of the molecule is CC(C)N(CCCCNC(=O)c1ccc(C(=O)N(Cc2ncc[nH]2)Cc2nccn2C)cc1)C(C)C. The lowest BCUT2D eigenvalue weighted by Crippen LogP contribution is -2.38. The molecule has 3 aromatic rings. The quantitative estimate of drug-likeness (QED) is 0.355. The maximum Gasteiger partial charge on any atom is 0.254 e. The van der Waals surface area contributed by atoms with E-state index in [2.05, 4.69) is 52.9 Å². The minimum absolute atomic E-state index is 0.126. The summed E-state index contributed by atoms with van der Waals surface area (Å²) >= 11 is 0. The van der Waals surface area contributed by atoms with Crippen LogP contribution in [0.1, 0.15) is 72.9 Å². The molecule has 0 aliphatic carbocycles. The number of nitrogens with zero attached hydrogens (tertiary/aromatic N) is 5. The maximum atomic E-state index is 13.3. The molecule has 194 valence electrons. The molecular formula is C27H39N7O2. The molecule has 2 aromatic heterocycles. The normalized spacial score (nSPS) is 11.4. The Bertz CT molecular complexity index is 1080. The number of rotatable bonds is 13. The number of carbonyl (C=O) groups excluding carboxylic acids is 2. The van der Waals surface area contributed by atoms with E-state index in [-0.39, 0.29) is 11.8 Å². The molecule has 3 rings (SSSR count). The second-order valence-corrected chi connectivity index (χ2v) is 9.62. The molecular weight excluding hydrogens is 454 g/mol. The Kier molecular flexibility index (Phi) is 9.81. The van der Waals surface area contributed by atoms with Crippen LogP contribution in [0.4, 0.5) is 0 Å². The van der Waals surface area contributed by atoms with Gasteiger partial charge in [-0.1, -0.05) is 0 Å². The van der Waals surface area contributed by atoms with Crippen molar-refractivity contribution >= 4 is 11.8 Å². The third kappa shape index (κ3) is 7.52. The van der Waals surface area contributed by atoms with Gasteiger partial charge in [-0.2, -0.15) is 0 Å². The highest BCUT2D eigenvalue weighted by Crippen LogP contribution is 2.13. The summed E-state index contributed by atoms with van der Waals surface area (Å²) in [5.41, 5.74) is 1.05. The number of aromatic amines is 1. The number of aromatic nitrogens is 4. The predicted octanol–water partition coefficient (Wildman–Crippen LogP) is 3.61. The summed E-state index contributed by atoms with van der Waals surface area (Å²) in [6.07, 6.45) is 8.91. The average molecular weight is 494 g/mol. The van der Waals surface area contributed by atoms with Gasteiger partial charge in [0.15, 0.2) is 0 Å². The van der Waals surface area contributed by atoms with Gasteiger partial charge in [-0.15, -0.1) is 0 Å². The van der Waals surface area contributed by atoms with Crippen molar-refractivity contribution in [3.63, 3.8) is 0 Å². The first kappa shape index (κ1) is 27.1. The fraction of sp³-hybridized carbons (Fsp3) is 0.481. The van der Waals surface area contributed by atoms with Gasteiger partial charge < -0.3 is 19.8 Å². The lowest BCUT2D eigenvalue weighted by Gasteiger charge is -2.30. The Morgan fingerprint density at radius 2 is 1.67 bits per heavy atom. The van der Waals surface area contributed by atoms with Crippen molar-refractivity contribution in [2.45, 2.75) is 65.7 Å². The van der Waals surface area contributed by atoms with Crippen molar-refractivity contribution in [3.8, 4) is 0 Å². The Morgan fingerprint density at radius 1 is 0.972 bits per heavy atom. The molecule has 0 aliphatic rings. The summed E-state index contributed by atoms with van der Waals surface area (Å²) in [6.45, 7) is 11.2. The standard InChI is InChI=1S/C27H39N7O2/c1-20(2)34(21(3)4)16-7-6-12-31-26(35)22-8-10-23(11-9-22)27(36)33(18-24-28-13-14-29-24)19-25-30-15-17-32(25)5/h8-11,13-15,17,20-21H,6-7,12,16,18-19H2,1-5H3,(H,28,29)(H,31,35). The van der Waals surface area contributed by atoms with Crippen molar-refractivity contribution in [1.82, 2.24) is 34.6 Å². The van der Waals surface area contributed by atoms with Crippen LogP contribution in [0, 0.1) is 0 Å². The fourth-order valence-corrected chi connectivity index (χ4v) is 4.27. The van der Waals surface area contributed by atoms with Crippen LogP contribution < -0.4 is 5.32 Å². The average Bonchev–Trinajstić information content (AvgIpc) is 3.51. The highest BCUT2D eigenvalue weighted by Gasteiger charge is 2.20. The van der Waals surface area contributed by atoms with E-state index >= 15 is 0 Å². The Morgan fingerprint density at radius 3 is 2.25 bits per heavy atom. The molecule has 2 N–H and O–H groups in total. The molecule has 0 atom stereocenters. The first-order valence-electron chi connectivity index (χ1n) is 12.6. The summed E-state index contributed by atoms with van der Waals surface area (Å²) in [7, 11) is 1.90. The minimum atomic E-state index is -0.152. The molecule has 9 nitrogen and oxygen atoms in total. The van der Waals surface area contributed by atoms with Gasteiger partial charge in [0.05, 0.1) is 13.1 Å². The Balaban J connectivity index is 1.55. The smallest absolute Gasteiger partial charge is 0.254 e. The van der Waals surface area contributed by atoms with Crippen molar-refractivity contribution in [2.24, 2.45) is 7.05 Å². The van der Waals surface area contributed by atoms with E-state index in [9.17, 15) is 9.59 Å². The monoisotopic (exact) mass is 493 g/mol. The number of hydrogen-bond acceptors (Lipinski definition) is 5. The lowest BCUT2D eigenvalue weighted by atomic mass is 10.1. The summed E-state index contributed by atoms with van der Waals surface area (Å²) < 4.78 is 1.89.